The molecule has 100 valence electrons. The number of rotatable bonds is 5. The SMILES string of the molecule is N[C@@H](Cc1ccc(O)cc1)C(=O)OCc1cccs1. The second kappa shape index (κ2) is 6.36. The van der Waals surface area contributed by atoms with Gasteiger partial charge in [0.05, 0.1) is 0 Å². The van der Waals surface area contributed by atoms with E-state index in [4.69, 9.17) is 15.6 Å². The van der Waals surface area contributed by atoms with Gasteiger partial charge in [0.2, 0.25) is 0 Å². The van der Waals surface area contributed by atoms with Crippen LogP contribution in [0.5, 0.6) is 5.75 Å². The van der Waals surface area contributed by atoms with Gasteiger partial charge < -0.3 is 15.6 Å². The smallest absolute Gasteiger partial charge is 0.323 e. The summed E-state index contributed by atoms with van der Waals surface area (Å²) in [7, 11) is 0. The molecular weight excluding hydrogens is 262 g/mol. The first-order valence-electron chi connectivity index (χ1n) is 5.87. The molecule has 4 nitrogen and oxygen atoms in total. The van der Waals surface area contributed by atoms with Crippen molar-refractivity contribution in [2.45, 2.75) is 19.1 Å². The zero-order valence-corrected chi connectivity index (χ0v) is 11.1. The first-order valence-corrected chi connectivity index (χ1v) is 6.75. The standard InChI is InChI=1S/C14H15NO3S/c15-13(8-10-3-5-11(16)6-4-10)14(17)18-9-12-2-1-7-19-12/h1-7,13,16H,8-9,15H2/t13-/m0/s1. The van der Waals surface area contributed by atoms with E-state index in [1.165, 1.54) is 11.3 Å². The van der Waals surface area contributed by atoms with Crippen LogP contribution >= 0.6 is 11.3 Å². The maximum absolute atomic E-state index is 11.7. The number of hydrogen-bond acceptors (Lipinski definition) is 5. The van der Waals surface area contributed by atoms with Crippen LogP contribution in [0, 0.1) is 0 Å². The van der Waals surface area contributed by atoms with E-state index >= 15 is 0 Å². The molecule has 2 rings (SSSR count). The molecule has 0 spiro atoms. The van der Waals surface area contributed by atoms with Gasteiger partial charge in [-0.25, -0.2) is 0 Å². The van der Waals surface area contributed by atoms with Gasteiger partial charge in [0.15, 0.2) is 0 Å². The molecule has 0 bridgehead atoms. The number of nitrogens with two attached hydrogens (primary N) is 1. The molecular formula is C14H15NO3S. The predicted octanol–water partition coefficient (Wildman–Crippen LogP) is 2.07. The molecule has 1 aromatic heterocycles. The molecule has 0 aliphatic carbocycles. The van der Waals surface area contributed by atoms with Crippen LogP contribution in [0.15, 0.2) is 41.8 Å². The Morgan fingerprint density at radius 3 is 2.68 bits per heavy atom. The largest absolute Gasteiger partial charge is 0.508 e. The fourth-order valence-corrected chi connectivity index (χ4v) is 2.23. The minimum absolute atomic E-state index is 0.192. The molecule has 1 aromatic carbocycles. The summed E-state index contributed by atoms with van der Waals surface area (Å²) < 4.78 is 5.14. The summed E-state index contributed by atoms with van der Waals surface area (Å²) >= 11 is 1.54. The van der Waals surface area contributed by atoms with Crippen LogP contribution in [-0.4, -0.2) is 17.1 Å². The second-order valence-electron chi connectivity index (χ2n) is 4.16. The lowest BCUT2D eigenvalue weighted by Crippen LogP contribution is -2.34. The quantitative estimate of drug-likeness (QED) is 0.821. The Morgan fingerprint density at radius 2 is 2.05 bits per heavy atom. The third-order valence-electron chi connectivity index (χ3n) is 2.63. The number of carbonyl (C=O) groups is 1. The lowest BCUT2D eigenvalue weighted by atomic mass is 10.1. The van der Waals surface area contributed by atoms with Crippen molar-refractivity contribution in [3.63, 3.8) is 0 Å². The number of carbonyl (C=O) groups excluding carboxylic acids is 1. The molecule has 0 radical (unpaired) electrons. The first-order chi connectivity index (χ1) is 9.15. The molecule has 0 saturated carbocycles. The van der Waals surface area contributed by atoms with Crippen LogP contribution in [-0.2, 0) is 22.6 Å². The number of aromatic hydroxyl groups is 1. The van der Waals surface area contributed by atoms with Gasteiger partial charge in [-0.3, -0.25) is 4.79 Å². The normalized spacial score (nSPS) is 12.1. The summed E-state index contributed by atoms with van der Waals surface area (Å²) in [5.74, 6) is -0.223. The molecule has 0 aliphatic rings. The summed E-state index contributed by atoms with van der Waals surface area (Å²) in [6, 6.07) is 9.74. The topological polar surface area (TPSA) is 72.5 Å². The summed E-state index contributed by atoms with van der Waals surface area (Å²) in [4.78, 5) is 12.7. The van der Waals surface area contributed by atoms with Crippen LogP contribution in [0.1, 0.15) is 10.4 Å². The Labute approximate surface area is 115 Å². The zero-order chi connectivity index (χ0) is 13.7. The average molecular weight is 277 g/mol. The molecule has 0 aliphatic heterocycles. The molecule has 0 amide bonds. The van der Waals surface area contributed by atoms with Gasteiger partial charge >= 0.3 is 5.97 Å². The Bertz CT molecular complexity index is 522. The molecule has 5 heteroatoms. The highest BCUT2D eigenvalue weighted by Gasteiger charge is 2.15. The Kier molecular flexibility index (Phi) is 4.54. The molecule has 0 fully saturated rings. The maximum atomic E-state index is 11.7. The van der Waals surface area contributed by atoms with E-state index in [1.807, 2.05) is 17.5 Å². The highest BCUT2D eigenvalue weighted by molar-refractivity contribution is 7.09. The van der Waals surface area contributed by atoms with Gasteiger partial charge in [0.25, 0.3) is 0 Å². The van der Waals surface area contributed by atoms with Crippen molar-refractivity contribution in [2.24, 2.45) is 5.73 Å². The van der Waals surface area contributed by atoms with Crippen molar-refractivity contribution < 1.29 is 14.6 Å². The van der Waals surface area contributed by atoms with Gasteiger partial charge in [-0.15, -0.1) is 11.3 Å². The van der Waals surface area contributed by atoms with Crippen LogP contribution in [0.25, 0.3) is 0 Å². The number of thiophene rings is 1. The van der Waals surface area contributed by atoms with Crippen molar-refractivity contribution in [1.82, 2.24) is 0 Å². The van der Waals surface area contributed by atoms with Crippen molar-refractivity contribution in [1.29, 1.82) is 0 Å². The van der Waals surface area contributed by atoms with Gasteiger partial charge in [-0.1, -0.05) is 18.2 Å². The molecule has 1 heterocycles. The Balaban J connectivity index is 1.83. The molecule has 0 saturated heterocycles. The number of phenols is 1. The van der Waals surface area contributed by atoms with Crippen LogP contribution in [0.3, 0.4) is 0 Å². The van der Waals surface area contributed by atoms with Crippen molar-refractivity contribution in [3.8, 4) is 5.75 Å². The molecule has 3 N–H and O–H groups in total. The zero-order valence-electron chi connectivity index (χ0n) is 10.3. The highest BCUT2D eigenvalue weighted by Crippen LogP contribution is 2.12. The van der Waals surface area contributed by atoms with E-state index in [0.717, 1.165) is 10.4 Å². The van der Waals surface area contributed by atoms with E-state index in [1.54, 1.807) is 24.3 Å². The van der Waals surface area contributed by atoms with Crippen LogP contribution in [0.2, 0.25) is 0 Å². The molecule has 19 heavy (non-hydrogen) atoms. The number of hydrogen-bond donors (Lipinski definition) is 2. The van der Waals surface area contributed by atoms with E-state index in [-0.39, 0.29) is 12.4 Å². The van der Waals surface area contributed by atoms with E-state index in [2.05, 4.69) is 0 Å². The van der Waals surface area contributed by atoms with E-state index in [9.17, 15) is 4.79 Å². The lowest BCUT2D eigenvalue weighted by Gasteiger charge is -2.11. The van der Waals surface area contributed by atoms with Gasteiger partial charge in [0, 0.05) is 4.88 Å². The average Bonchev–Trinajstić information content (AvgIpc) is 2.91. The maximum Gasteiger partial charge on any atom is 0.323 e. The number of phenolic OH excluding ortho intramolecular Hbond substituents is 1. The summed E-state index contributed by atoms with van der Waals surface area (Å²) in [6.45, 7) is 0.264. The van der Waals surface area contributed by atoms with Crippen molar-refractivity contribution in [3.05, 3.63) is 52.2 Å². The van der Waals surface area contributed by atoms with Gasteiger partial charge in [-0.05, 0) is 35.6 Å². The number of esters is 1. The third-order valence-corrected chi connectivity index (χ3v) is 3.48. The van der Waals surface area contributed by atoms with Crippen LogP contribution in [0.4, 0.5) is 0 Å². The summed E-state index contributed by atoms with van der Waals surface area (Å²) in [6.07, 6.45) is 0.392. The minimum Gasteiger partial charge on any atom is -0.508 e. The second-order valence-corrected chi connectivity index (χ2v) is 5.20. The van der Waals surface area contributed by atoms with Crippen molar-refractivity contribution in [2.75, 3.05) is 0 Å². The monoisotopic (exact) mass is 277 g/mol. The fourth-order valence-electron chi connectivity index (χ4n) is 1.61. The highest BCUT2D eigenvalue weighted by atomic mass is 32.1. The van der Waals surface area contributed by atoms with Crippen LogP contribution < -0.4 is 5.73 Å². The summed E-state index contributed by atoms with van der Waals surface area (Å²) in [5, 5.41) is 11.1. The Hall–Kier alpha value is -1.85. The molecule has 2 aromatic rings. The van der Waals surface area contributed by atoms with E-state index in [0.29, 0.717) is 6.42 Å². The Morgan fingerprint density at radius 1 is 1.32 bits per heavy atom. The van der Waals surface area contributed by atoms with Gasteiger partial charge in [0.1, 0.15) is 18.4 Å². The molecule has 1 atom stereocenters. The summed E-state index contributed by atoms with van der Waals surface area (Å²) in [5.41, 5.74) is 6.68. The van der Waals surface area contributed by atoms with Gasteiger partial charge in [-0.2, -0.15) is 0 Å². The van der Waals surface area contributed by atoms with E-state index < -0.39 is 12.0 Å². The predicted molar refractivity (Wildman–Crippen MR) is 73.9 cm³/mol. The lowest BCUT2D eigenvalue weighted by molar-refractivity contribution is -0.146. The number of benzene rings is 1. The van der Waals surface area contributed by atoms with Crippen molar-refractivity contribution >= 4 is 17.3 Å². The number of ether oxygens (including phenoxy) is 1. The molecule has 0 unspecified atom stereocenters. The third kappa shape index (κ3) is 4.08. The fraction of sp³-hybridized carbons (Fsp3) is 0.214. The minimum atomic E-state index is -0.690. The first kappa shape index (κ1) is 13.6.